The zero-order chi connectivity index (χ0) is 21.0. The third kappa shape index (κ3) is 6.49. The number of rotatable bonds is 4. The molecule has 1 saturated heterocycles. The Morgan fingerprint density at radius 3 is 2.41 bits per heavy atom. The van der Waals surface area contributed by atoms with Gasteiger partial charge in [-0.3, -0.25) is 15.5 Å². The Labute approximate surface area is 177 Å². The van der Waals surface area contributed by atoms with Crippen LogP contribution in [0.15, 0.2) is 4.99 Å². The van der Waals surface area contributed by atoms with E-state index in [1.807, 2.05) is 13.8 Å². The van der Waals surface area contributed by atoms with Gasteiger partial charge in [-0.2, -0.15) is 0 Å². The number of hydrogen-bond donors (Lipinski definition) is 4. The van der Waals surface area contributed by atoms with Crippen LogP contribution in [0, 0.1) is 11.8 Å². The minimum absolute atomic E-state index is 0.0729. The second-order valence-corrected chi connectivity index (χ2v) is 9.58. The number of nitrogens with one attached hydrogen (secondary N) is 4. The highest BCUT2D eigenvalue weighted by molar-refractivity contribution is 6.20. The summed E-state index contributed by atoms with van der Waals surface area (Å²) >= 11 is 6.21. The van der Waals surface area contributed by atoms with Gasteiger partial charge in [0.1, 0.15) is 18.5 Å². The first-order valence-electron chi connectivity index (χ1n) is 10.9. The zero-order valence-corrected chi connectivity index (χ0v) is 18.0. The molecule has 6 nitrogen and oxygen atoms in total. The lowest BCUT2D eigenvalue weighted by molar-refractivity contribution is -0.125. The number of halogens is 3. The Balaban J connectivity index is 1.56. The van der Waals surface area contributed by atoms with Crippen LogP contribution in [0.1, 0.15) is 65.2 Å². The van der Waals surface area contributed by atoms with Crippen LogP contribution in [0.2, 0.25) is 0 Å². The fraction of sp³-hybridized carbons (Fsp3) is 0.900. The number of amides is 1. The van der Waals surface area contributed by atoms with E-state index in [0.29, 0.717) is 29.7 Å². The number of hydrazine groups is 1. The largest absolute Gasteiger partial charge is 0.354 e. The first kappa shape index (κ1) is 22.7. The van der Waals surface area contributed by atoms with Crippen LogP contribution in [0.4, 0.5) is 8.78 Å². The molecular formula is C20H34ClF2N5O. The van der Waals surface area contributed by atoms with E-state index in [9.17, 15) is 13.6 Å². The summed E-state index contributed by atoms with van der Waals surface area (Å²) in [5.74, 6) is 0.136. The quantitative estimate of drug-likeness (QED) is 0.312. The molecule has 2 aliphatic carbocycles. The minimum atomic E-state index is -1.57. The van der Waals surface area contributed by atoms with E-state index in [1.165, 1.54) is 0 Å². The standard InChI is InChI=1S/C20H34ClF2N5O/c1-11(2)24-20(26-19(29)13-5-8-15(22)16(23)9-13)25-18-10-17(27-28-18)12-3-6-14(21)7-4-12/h11-18,27-28H,3-10H2,1-2H3,(H2,24,25,26,29). The van der Waals surface area contributed by atoms with Crippen LogP contribution in [0.25, 0.3) is 0 Å². The molecule has 166 valence electrons. The third-order valence-electron chi connectivity index (χ3n) is 6.20. The van der Waals surface area contributed by atoms with Crippen molar-refractivity contribution in [1.29, 1.82) is 0 Å². The lowest BCUT2D eigenvalue weighted by Crippen LogP contribution is -2.48. The van der Waals surface area contributed by atoms with Gasteiger partial charge in [0.2, 0.25) is 5.91 Å². The monoisotopic (exact) mass is 433 g/mol. The van der Waals surface area contributed by atoms with Crippen LogP contribution in [-0.4, -0.2) is 47.8 Å². The predicted molar refractivity (Wildman–Crippen MR) is 111 cm³/mol. The number of guanidine groups is 1. The summed E-state index contributed by atoms with van der Waals surface area (Å²) in [4.78, 5) is 17.2. The Morgan fingerprint density at radius 1 is 1.03 bits per heavy atom. The highest BCUT2D eigenvalue weighted by atomic mass is 35.5. The minimum Gasteiger partial charge on any atom is -0.354 e. The van der Waals surface area contributed by atoms with E-state index >= 15 is 0 Å². The summed E-state index contributed by atoms with van der Waals surface area (Å²) in [7, 11) is 0. The maximum absolute atomic E-state index is 13.7. The molecule has 2 saturated carbocycles. The lowest BCUT2D eigenvalue weighted by atomic mass is 9.83. The molecule has 1 heterocycles. The van der Waals surface area contributed by atoms with Gasteiger partial charge < -0.3 is 5.32 Å². The zero-order valence-electron chi connectivity index (χ0n) is 17.3. The summed E-state index contributed by atoms with van der Waals surface area (Å²) in [6.45, 7) is 3.92. The fourth-order valence-corrected chi connectivity index (χ4v) is 4.76. The molecule has 9 heteroatoms. The lowest BCUT2D eigenvalue weighted by Gasteiger charge is -2.29. The molecule has 5 unspecified atom stereocenters. The van der Waals surface area contributed by atoms with Crippen molar-refractivity contribution in [2.24, 2.45) is 16.8 Å². The van der Waals surface area contributed by atoms with Crippen LogP contribution >= 0.6 is 11.6 Å². The van der Waals surface area contributed by atoms with Crippen molar-refractivity contribution >= 4 is 23.5 Å². The first-order chi connectivity index (χ1) is 13.8. The average Bonchev–Trinajstić information content (AvgIpc) is 3.12. The molecule has 0 aromatic heterocycles. The van der Waals surface area contributed by atoms with E-state index in [1.54, 1.807) is 0 Å². The van der Waals surface area contributed by atoms with Crippen molar-refractivity contribution < 1.29 is 13.6 Å². The Bertz CT molecular complexity index is 585. The molecule has 1 amide bonds. The van der Waals surface area contributed by atoms with Gasteiger partial charge in [0.15, 0.2) is 5.96 Å². The van der Waals surface area contributed by atoms with Gasteiger partial charge >= 0.3 is 0 Å². The summed E-state index contributed by atoms with van der Waals surface area (Å²) in [6, 6.07) is 0.407. The maximum Gasteiger partial charge on any atom is 0.229 e. The Kier molecular flexibility index (Phi) is 8.10. The number of hydrogen-bond acceptors (Lipinski definition) is 4. The molecule has 0 radical (unpaired) electrons. The normalized spacial score (nSPS) is 38.8. The molecule has 3 fully saturated rings. The SMILES string of the molecule is CC(C)N/C(=N\C1CC(C2CCC(Cl)CC2)NN1)NC(=O)C1CCC(F)C(F)C1. The van der Waals surface area contributed by atoms with Crippen molar-refractivity contribution in [2.45, 2.75) is 101 Å². The molecule has 0 aromatic rings. The second-order valence-electron chi connectivity index (χ2n) is 8.97. The van der Waals surface area contributed by atoms with Gasteiger partial charge in [0.05, 0.1) is 0 Å². The molecule has 29 heavy (non-hydrogen) atoms. The van der Waals surface area contributed by atoms with Crippen molar-refractivity contribution in [1.82, 2.24) is 21.5 Å². The Morgan fingerprint density at radius 2 is 1.76 bits per heavy atom. The van der Waals surface area contributed by atoms with Crippen LogP contribution in [0.5, 0.6) is 0 Å². The van der Waals surface area contributed by atoms with E-state index < -0.39 is 18.3 Å². The van der Waals surface area contributed by atoms with Gasteiger partial charge in [-0.15, -0.1) is 11.6 Å². The molecule has 1 aliphatic heterocycles. The van der Waals surface area contributed by atoms with Crippen LogP contribution < -0.4 is 21.5 Å². The van der Waals surface area contributed by atoms with Gasteiger partial charge in [-0.25, -0.2) is 19.2 Å². The second kappa shape index (κ2) is 10.4. The number of nitrogens with zero attached hydrogens (tertiary/aromatic N) is 1. The fourth-order valence-electron chi connectivity index (χ4n) is 4.51. The molecule has 0 spiro atoms. The first-order valence-corrected chi connectivity index (χ1v) is 11.3. The number of carbonyl (C=O) groups is 1. The smallest absolute Gasteiger partial charge is 0.229 e. The summed E-state index contributed by atoms with van der Waals surface area (Å²) in [5.41, 5.74) is 6.56. The van der Waals surface area contributed by atoms with Gasteiger partial charge in [-0.05, 0) is 64.7 Å². The van der Waals surface area contributed by atoms with E-state index in [-0.39, 0.29) is 31.0 Å². The topological polar surface area (TPSA) is 77.6 Å². The van der Waals surface area contributed by atoms with Gasteiger partial charge in [0, 0.05) is 29.8 Å². The van der Waals surface area contributed by atoms with E-state index in [0.717, 1.165) is 32.1 Å². The van der Waals surface area contributed by atoms with Crippen LogP contribution in [0.3, 0.4) is 0 Å². The predicted octanol–water partition coefficient (Wildman–Crippen LogP) is 2.92. The molecule has 4 N–H and O–H groups in total. The van der Waals surface area contributed by atoms with Crippen LogP contribution in [-0.2, 0) is 4.79 Å². The van der Waals surface area contributed by atoms with Crippen molar-refractivity contribution in [2.75, 3.05) is 0 Å². The molecule has 3 aliphatic rings. The van der Waals surface area contributed by atoms with Gasteiger partial charge in [-0.1, -0.05) is 0 Å². The number of aliphatic imine (C=N–C) groups is 1. The molecular weight excluding hydrogens is 400 g/mol. The van der Waals surface area contributed by atoms with Crippen molar-refractivity contribution in [3.05, 3.63) is 0 Å². The summed E-state index contributed by atoms with van der Waals surface area (Å²) in [6.07, 6.45) is 2.33. The maximum atomic E-state index is 13.7. The highest BCUT2D eigenvalue weighted by Crippen LogP contribution is 2.32. The van der Waals surface area contributed by atoms with E-state index in [4.69, 9.17) is 11.6 Å². The Hall–Kier alpha value is -0.990. The summed E-state index contributed by atoms with van der Waals surface area (Å²) < 4.78 is 27.0. The third-order valence-corrected chi connectivity index (χ3v) is 6.64. The summed E-state index contributed by atoms with van der Waals surface area (Å²) in [5, 5.41) is 6.26. The number of alkyl halides is 3. The average molecular weight is 434 g/mol. The van der Waals surface area contributed by atoms with Gasteiger partial charge in [0.25, 0.3) is 0 Å². The van der Waals surface area contributed by atoms with E-state index in [2.05, 4.69) is 26.5 Å². The van der Waals surface area contributed by atoms with Crippen molar-refractivity contribution in [3.8, 4) is 0 Å². The molecule has 0 bridgehead atoms. The molecule has 0 aromatic carbocycles. The van der Waals surface area contributed by atoms with Crippen molar-refractivity contribution in [3.63, 3.8) is 0 Å². The molecule has 3 rings (SSSR count). The molecule has 5 atom stereocenters. The highest BCUT2D eigenvalue weighted by Gasteiger charge is 2.35. The number of carbonyl (C=O) groups excluding carboxylic acids is 1.